The van der Waals surface area contributed by atoms with E-state index in [0.29, 0.717) is 5.56 Å². The molecule has 1 saturated carbocycles. The number of pyridine rings is 1. The van der Waals surface area contributed by atoms with Gasteiger partial charge in [-0.05, 0) is 43.2 Å². The summed E-state index contributed by atoms with van der Waals surface area (Å²) in [5, 5.41) is 2.85. The van der Waals surface area contributed by atoms with Crippen molar-refractivity contribution >= 4 is 17.4 Å². The van der Waals surface area contributed by atoms with E-state index >= 15 is 0 Å². The van der Waals surface area contributed by atoms with E-state index in [2.05, 4.69) is 10.3 Å². The van der Waals surface area contributed by atoms with Crippen LogP contribution in [0.15, 0.2) is 42.6 Å². The van der Waals surface area contributed by atoms with Crippen LogP contribution in [-0.2, 0) is 6.18 Å². The zero-order valence-electron chi connectivity index (χ0n) is 14.4. The van der Waals surface area contributed by atoms with Gasteiger partial charge < -0.3 is 10.2 Å². The van der Waals surface area contributed by atoms with Gasteiger partial charge in [-0.1, -0.05) is 18.9 Å². The van der Waals surface area contributed by atoms with Crippen molar-refractivity contribution in [2.24, 2.45) is 0 Å². The highest BCUT2D eigenvalue weighted by Gasteiger charge is 2.30. The monoisotopic (exact) mass is 363 g/mol. The number of hydrogen-bond donors (Lipinski definition) is 1. The van der Waals surface area contributed by atoms with E-state index in [1.807, 2.05) is 0 Å². The zero-order valence-corrected chi connectivity index (χ0v) is 14.4. The normalized spacial score (nSPS) is 15.1. The van der Waals surface area contributed by atoms with Crippen molar-refractivity contribution in [1.82, 2.24) is 9.88 Å². The van der Waals surface area contributed by atoms with Crippen molar-refractivity contribution in [2.45, 2.75) is 37.9 Å². The Morgan fingerprint density at radius 3 is 2.62 bits per heavy atom. The predicted molar refractivity (Wildman–Crippen MR) is 93.3 cm³/mol. The van der Waals surface area contributed by atoms with Crippen molar-refractivity contribution in [3.8, 4) is 0 Å². The van der Waals surface area contributed by atoms with Crippen LogP contribution in [0.2, 0.25) is 0 Å². The maximum absolute atomic E-state index is 12.9. The van der Waals surface area contributed by atoms with Crippen LogP contribution in [0, 0.1) is 0 Å². The summed E-state index contributed by atoms with van der Waals surface area (Å²) in [7, 11) is 1.76. The molecule has 1 amide bonds. The molecule has 1 aliphatic carbocycles. The van der Waals surface area contributed by atoms with Crippen LogP contribution >= 0.6 is 0 Å². The second-order valence-corrected chi connectivity index (χ2v) is 6.46. The minimum atomic E-state index is -4.43. The number of aromatic nitrogens is 1. The second-order valence-electron chi connectivity index (χ2n) is 6.46. The molecule has 138 valence electrons. The van der Waals surface area contributed by atoms with E-state index in [1.165, 1.54) is 18.3 Å². The van der Waals surface area contributed by atoms with E-state index in [4.69, 9.17) is 0 Å². The Hall–Kier alpha value is -2.57. The summed E-state index contributed by atoms with van der Waals surface area (Å²) in [5.74, 6) is 0.0705. The van der Waals surface area contributed by atoms with Crippen LogP contribution in [0.3, 0.4) is 0 Å². The standard InChI is InChI=1S/C19H20F3N3O/c1-25(15-8-2-3-9-15)18(26)16-10-5-11-23-17(16)24-14-7-4-6-13(12-14)19(20,21)22/h4-7,10-12,15H,2-3,8-9H2,1H3,(H,23,24). The smallest absolute Gasteiger partial charge is 0.340 e. The number of carbonyl (C=O) groups is 1. The average molecular weight is 363 g/mol. The van der Waals surface area contributed by atoms with Gasteiger partial charge >= 0.3 is 6.18 Å². The number of nitrogens with one attached hydrogen (secondary N) is 1. The number of halogens is 3. The SMILES string of the molecule is CN(C(=O)c1cccnc1Nc1cccc(C(F)(F)F)c1)C1CCCC1. The van der Waals surface area contributed by atoms with Gasteiger partial charge in [0, 0.05) is 25.0 Å². The Bertz CT molecular complexity index is 786. The molecule has 1 aliphatic rings. The molecule has 1 N–H and O–H groups in total. The van der Waals surface area contributed by atoms with Gasteiger partial charge in [0.2, 0.25) is 0 Å². The molecule has 0 unspecified atom stereocenters. The molecule has 0 bridgehead atoms. The van der Waals surface area contributed by atoms with Crippen molar-refractivity contribution in [1.29, 1.82) is 0 Å². The topological polar surface area (TPSA) is 45.2 Å². The summed E-state index contributed by atoms with van der Waals surface area (Å²) in [6.07, 6.45) is 1.22. The molecule has 0 spiro atoms. The van der Waals surface area contributed by atoms with Crippen molar-refractivity contribution < 1.29 is 18.0 Å². The van der Waals surface area contributed by atoms with Crippen LogP contribution < -0.4 is 5.32 Å². The fourth-order valence-electron chi connectivity index (χ4n) is 3.23. The van der Waals surface area contributed by atoms with Gasteiger partial charge in [0.15, 0.2) is 0 Å². The van der Waals surface area contributed by atoms with E-state index < -0.39 is 11.7 Å². The second kappa shape index (κ2) is 7.35. The Morgan fingerprint density at radius 1 is 1.19 bits per heavy atom. The minimum absolute atomic E-state index is 0.181. The largest absolute Gasteiger partial charge is 0.416 e. The van der Waals surface area contributed by atoms with Gasteiger partial charge in [-0.2, -0.15) is 13.2 Å². The highest BCUT2D eigenvalue weighted by Crippen LogP contribution is 2.32. The fourth-order valence-corrected chi connectivity index (χ4v) is 3.23. The van der Waals surface area contributed by atoms with Gasteiger partial charge in [-0.3, -0.25) is 4.79 Å². The lowest BCUT2D eigenvalue weighted by atomic mass is 10.1. The first-order valence-corrected chi connectivity index (χ1v) is 8.53. The molecular formula is C19H20F3N3O. The predicted octanol–water partition coefficient (Wildman–Crippen LogP) is 4.86. The van der Waals surface area contributed by atoms with Gasteiger partial charge in [0.25, 0.3) is 5.91 Å². The van der Waals surface area contributed by atoms with Crippen molar-refractivity contribution in [3.05, 3.63) is 53.7 Å². The first kappa shape index (κ1) is 18.2. The lowest BCUT2D eigenvalue weighted by Crippen LogP contribution is -2.35. The molecule has 2 aromatic rings. The summed E-state index contributed by atoms with van der Waals surface area (Å²) >= 11 is 0. The first-order chi connectivity index (χ1) is 12.4. The molecule has 26 heavy (non-hydrogen) atoms. The lowest BCUT2D eigenvalue weighted by molar-refractivity contribution is -0.137. The molecule has 1 fully saturated rings. The Kier molecular flexibility index (Phi) is 5.15. The highest BCUT2D eigenvalue weighted by molar-refractivity contribution is 5.99. The zero-order chi connectivity index (χ0) is 18.7. The summed E-state index contributed by atoms with van der Waals surface area (Å²) < 4.78 is 38.7. The highest BCUT2D eigenvalue weighted by atomic mass is 19.4. The average Bonchev–Trinajstić information content (AvgIpc) is 3.15. The third-order valence-corrected chi connectivity index (χ3v) is 4.68. The summed E-state index contributed by atoms with van der Waals surface area (Å²) in [4.78, 5) is 18.7. The molecule has 7 heteroatoms. The molecule has 1 heterocycles. The van der Waals surface area contributed by atoms with Crippen LogP contribution in [0.4, 0.5) is 24.7 Å². The number of nitrogens with zero attached hydrogens (tertiary/aromatic N) is 2. The maximum Gasteiger partial charge on any atom is 0.416 e. The minimum Gasteiger partial charge on any atom is -0.340 e. The molecule has 0 aliphatic heterocycles. The first-order valence-electron chi connectivity index (χ1n) is 8.53. The maximum atomic E-state index is 12.9. The van der Waals surface area contributed by atoms with Gasteiger partial charge in [0.1, 0.15) is 5.82 Å². The summed E-state index contributed by atoms with van der Waals surface area (Å²) in [5.41, 5.74) is -0.176. The molecular weight excluding hydrogens is 343 g/mol. The van der Waals surface area contributed by atoms with Crippen molar-refractivity contribution in [2.75, 3.05) is 12.4 Å². The summed E-state index contributed by atoms with van der Waals surface area (Å²) in [6.45, 7) is 0. The number of rotatable bonds is 4. The molecule has 1 aromatic heterocycles. The van der Waals surface area contributed by atoms with Crippen LogP contribution in [0.5, 0.6) is 0 Å². The number of amides is 1. The fraction of sp³-hybridized carbons (Fsp3) is 0.368. The van der Waals surface area contributed by atoms with Gasteiger partial charge in [0.05, 0.1) is 11.1 Å². The molecule has 0 saturated heterocycles. The number of anilines is 2. The molecule has 4 nitrogen and oxygen atoms in total. The van der Waals surface area contributed by atoms with Crippen LogP contribution in [0.25, 0.3) is 0 Å². The van der Waals surface area contributed by atoms with E-state index in [1.54, 1.807) is 24.1 Å². The quantitative estimate of drug-likeness (QED) is 0.844. The van der Waals surface area contributed by atoms with Gasteiger partial charge in [-0.25, -0.2) is 4.98 Å². The Labute approximate surface area is 150 Å². The third kappa shape index (κ3) is 3.98. The van der Waals surface area contributed by atoms with Crippen LogP contribution in [0.1, 0.15) is 41.6 Å². The number of hydrogen-bond acceptors (Lipinski definition) is 3. The molecule has 1 aromatic carbocycles. The number of carbonyl (C=O) groups excluding carboxylic acids is 1. The lowest BCUT2D eigenvalue weighted by Gasteiger charge is -2.25. The molecule has 0 atom stereocenters. The molecule has 0 radical (unpaired) electrons. The summed E-state index contributed by atoms with van der Waals surface area (Å²) in [6, 6.07) is 8.32. The van der Waals surface area contributed by atoms with E-state index in [0.717, 1.165) is 37.8 Å². The molecule has 3 rings (SSSR count). The third-order valence-electron chi connectivity index (χ3n) is 4.68. The van der Waals surface area contributed by atoms with Crippen LogP contribution in [-0.4, -0.2) is 28.9 Å². The van der Waals surface area contributed by atoms with E-state index in [9.17, 15) is 18.0 Å². The Morgan fingerprint density at radius 2 is 1.92 bits per heavy atom. The Balaban J connectivity index is 1.84. The number of benzene rings is 1. The van der Waals surface area contributed by atoms with E-state index in [-0.39, 0.29) is 23.5 Å². The van der Waals surface area contributed by atoms with Gasteiger partial charge in [-0.15, -0.1) is 0 Å². The van der Waals surface area contributed by atoms with Crippen molar-refractivity contribution in [3.63, 3.8) is 0 Å². The number of alkyl halides is 3.